The number of carbonyl (C=O) groups excluding carboxylic acids is 1. The second kappa shape index (κ2) is 5.82. The summed E-state index contributed by atoms with van der Waals surface area (Å²) in [5, 5.41) is 6.32. The van der Waals surface area contributed by atoms with E-state index < -0.39 is 0 Å². The van der Waals surface area contributed by atoms with Crippen molar-refractivity contribution in [2.45, 2.75) is 32.2 Å². The fourth-order valence-electron chi connectivity index (χ4n) is 2.24. The van der Waals surface area contributed by atoms with Crippen LogP contribution in [0, 0.1) is 0 Å². The van der Waals surface area contributed by atoms with E-state index in [1.54, 1.807) is 0 Å². The smallest absolute Gasteiger partial charge is 0.228 e. The highest BCUT2D eigenvalue weighted by Gasteiger charge is 2.25. The van der Waals surface area contributed by atoms with Crippen LogP contribution in [-0.2, 0) is 11.3 Å². The van der Waals surface area contributed by atoms with Crippen molar-refractivity contribution in [2.24, 2.45) is 0 Å². The van der Waals surface area contributed by atoms with Gasteiger partial charge in [0, 0.05) is 19.6 Å². The zero-order valence-corrected chi connectivity index (χ0v) is 10.3. The number of benzene rings is 1. The van der Waals surface area contributed by atoms with Gasteiger partial charge in [0.2, 0.25) is 5.91 Å². The van der Waals surface area contributed by atoms with Crippen LogP contribution < -0.4 is 10.6 Å². The molecule has 0 fully saturated rings. The molecule has 1 heterocycles. The fourth-order valence-corrected chi connectivity index (χ4v) is 2.24. The Morgan fingerprint density at radius 1 is 1.47 bits per heavy atom. The Hall–Kier alpha value is -1.35. The minimum absolute atomic E-state index is 0.0307. The van der Waals surface area contributed by atoms with Crippen molar-refractivity contribution in [2.75, 3.05) is 13.1 Å². The van der Waals surface area contributed by atoms with E-state index in [2.05, 4.69) is 29.7 Å². The Balaban J connectivity index is 2.05. The highest BCUT2D eigenvalue weighted by atomic mass is 16.1. The minimum Gasteiger partial charge on any atom is -0.356 e. The van der Waals surface area contributed by atoms with E-state index in [9.17, 15) is 4.79 Å². The van der Waals surface area contributed by atoms with Gasteiger partial charge in [-0.15, -0.1) is 0 Å². The molecule has 0 bridgehead atoms. The van der Waals surface area contributed by atoms with E-state index >= 15 is 0 Å². The van der Waals surface area contributed by atoms with Crippen LogP contribution in [0.2, 0.25) is 0 Å². The third kappa shape index (κ3) is 2.86. The molecule has 2 rings (SSSR count). The van der Waals surface area contributed by atoms with E-state index in [4.69, 9.17) is 0 Å². The predicted octanol–water partition coefficient (Wildman–Crippen LogP) is 1.79. The molecule has 1 aliphatic rings. The monoisotopic (exact) mass is 232 g/mol. The van der Waals surface area contributed by atoms with Gasteiger partial charge in [-0.2, -0.15) is 0 Å². The molecule has 3 nitrogen and oxygen atoms in total. The van der Waals surface area contributed by atoms with E-state index in [1.165, 1.54) is 11.1 Å². The molecular formula is C14H20N2O. The largest absolute Gasteiger partial charge is 0.356 e. The van der Waals surface area contributed by atoms with Crippen molar-refractivity contribution in [3.05, 3.63) is 35.4 Å². The number of fused-ring (bicyclic) bond motifs is 1. The Morgan fingerprint density at radius 3 is 3.12 bits per heavy atom. The molecule has 3 heteroatoms. The number of amides is 1. The van der Waals surface area contributed by atoms with Crippen LogP contribution in [0.4, 0.5) is 0 Å². The molecule has 0 radical (unpaired) electrons. The molecule has 1 amide bonds. The molecule has 0 saturated heterocycles. The van der Waals surface area contributed by atoms with Crippen molar-refractivity contribution in [3.63, 3.8) is 0 Å². The first-order valence-corrected chi connectivity index (χ1v) is 6.39. The zero-order valence-electron chi connectivity index (χ0n) is 10.3. The first kappa shape index (κ1) is 12.1. The highest BCUT2D eigenvalue weighted by molar-refractivity contribution is 5.84. The van der Waals surface area contributed by atoms with Gasteiger partial charge in [0.05, 0.1) is 5.92 Å². The molecule has 0 spiro atoms. The summed E-state index contributed by atoms with van der Waals surface area (Å²) < 4.78 is 0. The van der Waals surface area contributed by atoms with Crippen LogP contribution >= 0.6 is 0 Å². The number of carbonyl (C=O) groups is 1. The minimum atomic E-state index is -0.0307. The second-order valence-electron chi connectivity index (χ2n) is 4.53. The SMILES string of the molecule is CCCCNC(=O)C1CNCc2ccccc21. The Morgan fingerprint density at radius 2 is 2.29 bits per heavy atom. The third-order valence-corrected chi connectivity index (χ3v) is 3.24. The summed E-state index contributed by atoms with van der Waals surface area (Å²) in [6, 6.07) is 8.20. The maximum Gasteiger partial charge on any atom is 0.228 e. The lowest BCUT2D eigenvalue weighted by Gasteiger charge is -2.25. The summed E-state index contributed by atoms with van der Waals surface area (Å²) >= 11 is 0. The van der Waals surface area contributed by atoms with Crippen molar-refractivity contribution in [1.82, 2.24) is 10.6 Å². The maximum absolute atomic E-state index is 12.1. The molecule has 1 aliphatic heterocycles. The number of rotatable bonds is 4. The number of hydrogen-bond donors (Lipinski definition) is 2. The van der Waals surface area contributed by atoms with E-state index in [0.717, 1.165) is 32.5 Å². The van der Waals surface area contributed by atoms with Crippen molar-refractivity contribution >= 4 is 5.91 Å². The molecule has 0 aromatic heterocycles. The van der Waals surface area contributed by atoms with Gasteiger partial charge in [0.1, 0.15) is 0 Å². The van der Waals surface area contributed by atoms with Gasteiger partial charge >= 0.3 is 0 Å². The predicted molar refractivity (Wildman–Crippen MR) is 68.8 cm³/mol. The third-order valence-electron chi connectivity index (χ3n) is 3.24. The molecule has 1 atom stereocenters. The lowest BCUT2D eigenvalue weighted by molar-refractivity contribution is -0.122. The maximum atomic E-state index is 12.1. The topological polar surface area (TPSA) is 41.1 Å². The summed E-state index contributed by atoms with van der Waals surface area (Å²) in [5.41, 5.74) is 2.43. The summed E-state index contributed by atoms with van der Waals surface area (Å²) in [6.45, 7) is 4.53. The Kier molecular flexibility index (Phi) is 4.15. The van der Waals surface area contributed by atoms with Gasteiger partial charge in [-0.05, 0) is 17.5 Å². The Bertz CT molecular complexity index is 390. The highest BCUT2D eigenvalue weighted by Crippen LogP contribution is 2.23. The zero-order chi connectivity index (χ0) is 12.1. The van der Waals surface area contributed by atoms with E-state index in [-0.39, 0.29) is 11.8 Å². The quantitative estimate of drug-likeness (QED) is 0.777. The van der Waals surface area contributed by atoms with Crippen molar-refractivity contribution < 1.29 is 4.79 Å². The molecule has 1 aromatic rings. The van der Waals surface area contributed by atoms with Crippen molar-refractivity contribution in [3.8, 4) is 0 Å². The first-order valence-electron chi connectivity index (χ1n) is 6.39. The van der Waals surface area contributed by atoms with Gasteiger partial charge in [-0.25, -0.2) is 0 Å². The first-order chi connectivity index (χ1) is 8.33. The molecule has 0 aliphatic carbocycles. The lowest BCUT2D eigenvalue weighted by Crippen LogP contribution is -2.39. The molecule has 1 unspecified atom stereocenters. The molecule has 1 aromatic carbocycles. The molecule has 2 N–H and O–H groups in total. The number of hydrogen-bond acceptors (Lipinski definition) is 2. The van der Waals surface area contributed by atoms with Gasteiger partial charge in [-0.1, -0.05) is 37.6 Å². The Labute approximate surface area is 103 Å². The average Bonchev–Trinajstić information content (AvgIpc) is 2.38. The number of unbranched alkanes of at least 4 members (excludes halogenated alkanes) is 1. The fraction of sp³-hybridized carbons (Fsp3) is 0.500. The van der Waals surface area contributed by atoms with Gasteiger partial charge < -0.3 is 10.6 Å². The van der Waals surface area contributed by atoms with Crippen LogP contribution in [0.5, 0.6) is 0 Å². The average molecular weight is 232 g/mol. The molecule has 17 heavy (non-hydrogen) atoms. The van der Waals surface area contributed by atoms with Crippen LogP contribution in [0.15, 0.2) is 24.3 Å². The summed E-state index contributed by atoms with van der Waals surface area (Å²) in [4.78, 5) is 12.1. The number of nitrogens with one attached hydrogen (secondary N) is 2. The summed E-state index contributed by atoms with van der Waals surface area (Å²) in [5.74, 6) is 0.120. The van der Waals surface area contributed by atoms with Crippen LogP contribution in [-0.4, -0.2) is 19.0 Å². The molecule has 92 valence electrons. The summed E-state index contributed by atoms with van der Waals surface area (Å²) in [7, 11) is 0. The summed E-state index contributed by atoms with van der Waals surface area (Å²) in [6.07, 6.45) is 2.16. The van der Waals surface area contributed by atoms with Crippen LogP contribution in [0.1, 0.15) is 36.8 Å². The van der Waals surface area contributed by atoms with E-state index in [1.807, 2.05) is 12.1 Å². The van der Waals surface area contributed by atoms with Crippen LogP contribution in [0.3, 0.4) is 0 Å². The lowest BCUT2D eigenvalue weighted by atomic mass is 9.90. The van der Waals surface area contributed by atoms with Crippen molar-refractivity contribution in [1.29, 1.82) is 0 Å². The molecule has 0 saturated carbocycles. The van der Waals surface area contributed by atoms with Gasteiger partial charge in [0.15, 0.2) is 0 Å². The second-order valence-corrected chi connectivity index (χ2v) is 4.53. The van der Waals surface area contributed by atoms with Gasteiger partial charge in [0.25, 0.3) is 0 Å². The van der Waals surface area contributed by atoms with E-state index in [0.29, 0.717) is 0 Å². The van der Waals surface area contributed by atoms with Crippen LogP contribution in [0.25, 0.3) is 0 Å². The molecular weight excluding hydrogens is 212 g/mol. The normalized spacial score (nSPS) is 18.5. The standard InChI is InChI=1S/C14H20N2O/c1-2-3-8-16-14(17)13-10-15-9-11-6-4-5-7-12(11)13/h4-7,13,15H,2-3,8-10H2,1H3,(H,16,17). The van der Waals surface area contributed by atoms with Gasteiger partial charge in [-0.3, -0.25) is 4.79 Å².